The number of aryl methyl sites for hydroxylation is 1. The third-order valence-corrected chi connectivity index (χ3v) is 8.32. The summed E-state index contributed by atoms with van der Waals surface area (Å²) in [5.41, 5.74) is 3.94. The van der Waals surface area contributed by atoms with Crippen LogP contribution in [-0.2, 0) is 16.5 Å². The van der Waals surface area contributed by atoms with Crippen molar-refractivity contribution in [3.8, 4) is 11.3 Å². The smallest absolute Gasteiger partial charge is 0.410 e. The number of likely N-dealkylation sites (tertiary alicyclic amines) is 1. The molecule has 6 heterocycles. The van der Waals surface area contributed by atoms with Crippen LogP contribution in [-0.4, -0.2) is 78.7 Å². The van der Waals surface area contributed by atoms with E-state index in [1.54, 1.807) is 0 Å². The molecule has 0 N–H and O–H groups in total. The Bertz CT molecular complexity index is 1570. The molecule has 3 aromatic heterocycles. The maximum absolute atomic E-state index is 12.7. The summed E-state index contributed by atoms with van der Waals surface area (Å²) in [5.74, 6) is 1.41. The summed E-state index contributed by atoms with van der Waals surface area (Å²) in [6.07, 6.45) is 6.57. The molecule has 3 atom stereocenters. The summed E-state index contributed by atoms with van der Waals surface area (Å²) in [5, 5.41) is 5.47. The van der Waals surface area contributed by atoms with Crippen LogP contribution in [0.25, 0.3) is 33.3 Å². The molecule has 0 aliphatic carbocycles. The number of fused-ring (bicyclic) bond motifs is 3. The minimum atomic E-state index is -0.496. The van der Waals surface area contributed by atoms with E-state index in [9.17, 15) is 4.79 Å². The van der Waals surface area contributed by atoms with E-state index in [-0.39, 0.29) is 12.3 Å². The summed E-state index contributed by atoms with van der Waals surface area (Å²) >= 11 is 0. The fourth-order valence-corrected chi connectivity index (χ4v) is 6.34. The van der Waals surface area contributed by atoms with Gasteiger partial charge < -0.3 is 19.3 Å². The van der Waals surface area contributed by atoms with Crippen LogP contribution < -0.4 is 4.90 Å². The zero-order valence-electron chi connectivity index (χ0n) is 23.6. The molecule has 0 bridgehead atoms. The predicted octanol–water partition coefficient (Wildman–Crippen LogP) is 4.38. The van der Waals surface area contributed by atoms with E-state index in [2.05, 4.69) is 32.8 Å². The molecular weight excluding hydrogens is 508 g/mol. The molecule has 40 heavy (non-hydrogen) atoms. The van der Waals surface area contributed by atoms with Crippen LogP contribution in [0.15, 0.2) is 30.7 Å². The first-order valence-corrected chi connectivity index (χ1v) is 14.2. The molecule has 0 radical (unpaired) electrons. The lowest BCUT2D eigenvalue weighted by molar-refractivity contribution is -0.0298. The fourth-order valence-electron chi connectivity index (χ4n) is 6.34. The Morgan fingerprint density at radius 3 is 2.60 bits per heavy atom. The highest BCUT2D eigenvalue weighted by Gasteiger charge is 2.43. The molecule has 0 spiro atoms. The minimum Gasteiger partial charge on any atom is -0.444 e. The molecule has 3 aliphatic rings. The third kappa shape index (κ3) is 4.46. The highest BCUT2D eigenvalue weighted by Crippen LogP contribution is 2.37. The Labute approximate surface area is 233 Å². The highest BCUT2D eigenvalue weighted by molar-refractivity contribution is 5.92. The third-order valence-electron chi connectivity index (χ3n) is 8.32. The van der Waals surface area contributed by atoms with Gasteiger partial charge in [0.2, 0.25) is 5.95 Å². The van der Waals surface area contributed by atoms with E-state index >= 15 is 0 Å². The lowest BCUT2D eigenvalue weighted by Crippen LogP contribution is -2.37. The van der Waals surface area contributed by atoms with Gasteiger partial charge in [-0.15, -0.1) is 0 Å². The van der Waals surface area contributed by atoms with Gasteiger partial charge in [0.1, 0.15) is 23.0 Å². The van der Waals surface area contributed by atoms with E-state index < -0.39 is 5.60 Å². The quantitative estimate of drug-likeness (QED) is 0.374. The first kappa shape index (κ1) is 25.3. The van der Waals surface area contributed by atoms with Gasteiger partial charge in [0.15, 0.2) is 5.65 Å². The van der Waals surface area contributed by atoms with Crippen LogP contribution in [0.5, 0.6) is 0 Å². The van der Waals surface area contributed by atoms with Crippen molar-refractivity contribution in [3.05, 3.63) is 30.7 Å². The molecule has 11 heteroatoms. The van der Waals surface area contributed by atoms with Crippen molar-refractivity contribution >= 4 is 34.1 Å². The average Bonchev–Trinajstić information content (AvgIpc) is 3.70. The van der Waals surface area contributed by atoms with E-state index in [1.807, 2.05) is 49.9 Å². The fraction of sp³-hybridized carbons (Fsp3) is 0.552. The number of rotatable bonds is 3. The van der Waals surface area contributed by atoms with Crippen molar-refractivity contribution in [3.63, 3.8) is 0 Å². The van der Waals surface area contributed by atoms with Crippen LogP contribution in [0.1, 0.15) is 46.3 Å². The first-order chi connectivity index (χ1) is 19.2. The van der Waals surface area contributed by atoms with Gasteiger partial charge in [0, 0.05) is 62.6 Å². The van der Waals surface area contributed by atoms with Gasteiger partial charge in [-0.3, -0.25) is 9.25 Å². The second-order valence-electron chi connectivity index (χ2n) is 12.4. The maximum atomic E-state index is 12.7. The number of imidazole rings is 1. The number of carbonyl (C=O) groups excluding carboxylic acids is 1. The number of amides is 1. The van der Waals surface area contributed by atoms with Gasteiger partial charge in [-0.05, 0) is 52.2 Å². The van der Waals surface area contributed by atoms with Crippen molar-refractivity contribution in [2.24, 2.45) is 18.9 Å². The molecule has 1 amide bonds. The number of nitrogens with zero attached hydrogens (tertiary/aromatic N) is 8. The zero-order chi connectivity index (χ0) is 27.6. The SMILES string of the molecule is Cn1ncc2cc(-c3nc(N4CC5CN(C(=O)OC(C)(C)C)CC5C4)nc4c3ncn4C3CCCCO3)ccc21. The number of anilines is 1. The second kappa shape index (κ2) is 9.43. The van der Waals surface area contributed by atoms with Crippen LogP contribution in [0.3, 0.4) is 0 Å². The average molecular weight is 545 g/mol. The van der Waals surface area contributed by atoms with Crippen molar-refractivity contribution in [2.45, 2.75) is 51.9 Å². The molecule has 1 aromatic carbocycles. The minimum absolute atomic E-state index is 0.0736. The highest BCUT2D eigenvalue weighted by atomic mass is 16.6. The lowest BCUT2D eigenvalue weighted by atomic mass is 10.0. The zero-order valence-corrected chi connectivity index (χ0v) is 23.6. The van der Waals surface area contributed by atoms with Gasteiger partial charge in [0.25, 0.3) is 0 Å². The van der Waals surface area contributed by atoms with Crippen molar-refractivity contribution in [1.82, 2.24) is 34.2 Å². The first-order valence-electron chi connectivity index (χ1n) is 14.2. The molecule has 3 saturated heterocycles. The number of hydrogen-bond acceptors (Lipinski definition) is 8. The second-order valence-corrected chi connectivity index (χ2v) is 12.4. The normalized spacial score (nSPS) is 23.4. The number of aromatic nitrogens is 6. The molecule has 210 valence electrons. The van der Waals surface area contributed by atoms with Crippen molar-refractivity contribution < 1.29 is 14.3 Å². The predicted molar refractivity (Wildman–Crippen MR) is 151 cm³/mol. The van der Waals surface area contributed by atoms with Gasteiger partial charge in [0.05, 0.1) is 18.0 Å². The molecule has 3 unspecified atom stereocenters. The van der Waals surface area contributed by atoms with Crippen LogP contribution in [0.2, 0.25) is 0 Å². The van der Waals surface area contributed by atoms with E-state index in [0.717, 1.165) is 72.3 Å². The van der Waals surface area contributed by atoms with Gasteiger partial charge in [-0.2, -0.15) is 10.1 Å². The molecule has 11 nitrogen and oxygen atoms in total. The standard InChI is InChI=1S/C29H36N8O3/c1-29(2,3)40-28(38)36-15-20-13-35(14-21(20)16-36)27-32-24(18-8-9-22-19(11-18)12-31-34(22)4)25-26(33-27)37(17-30-25)23-7-5-6-10-39-23/h8-9,11-12,17,20-21,23H,5-7,10,13-16H2,1-4H3. The van der Waals surface area contributed by atoms with Gasteiger partial charge in [-0.25, -0.2) is 14.8 Å². The lowest BCUT2D eigenvalue weighted by Gasteiger charge is -2.26. The molecule has 0 saturated carbocycles. The summed E-state index contributed by atoms with van der Waals surface area (Å²) in [4.78, 5) is 31.8. The Morgan fingerprint density at radius 1 is 1.07 bits per heavy atom. The number of benzene rings is 1. The monoisotopic (exact) mass is 544 g/mol. The summed E-state index contributed by atoms with van der Waals surface area (Å²) in [6, 6.07) is 6.29. The number of hydrogen-bond donors (Lipinski definition) is 0. The number of carbonyl (C=O) groups is 1. The summed E-state index contributed by atoms with van der Waals surface area (Å²) in [6.45, 7) is 9.44. The van der Waals surface area contributed by atoms with Crippen molar-refractivity contribution in [1.29, 1.82) is 0 Å². The maximum Gasteiger partial charge on any atom is 0.410 e. The molecule has 7 rings (SSSR count). The Morgan fingerprint density at radius 2 is 1.88 bits per heavy atom. The van der Waals surface area contributed by atoms with E-state index in [4.69, 9.17) is 24.4 Å². The van der Waals surface area contributed by atoms with Gasteiger partial charge >= 0.3 is 6.09 Å². The van der Waals surface area contributed by atoms with Crippen LogP contribution >= 0.6 is 0 Å². The van der Waals surface area contributed by atoms with Crippen molar-refractivity contribution in [2.75, 3.05) is 37.7 Å². The summed E-state index contributed by atoms with van der Waals surface area (Å²) in [7, 11) is 1.95. The van der Waals surface area contributed by atoms with Crippen LogP contribution in [0.4, 0.5) is 10.7 Å². The Kier molecular flexibility index (Phi) is 5.95. The topological polar surface area (TPSA) is 103 Å². The Hall–Kier alpha value is -3.73. The molecular formula is C29H36N8O3. The largest absolute Gasteiger partial charge is 0.444 e. The number of ether oxygens (including phenoxy) is 2. The summed E-state index contributed by atoms with van der Waals surface area (Å²) < 4.78 is 15.7. The Balaban J connectivity index is 1.23. The molecule has 4 aromatic rings. The van der Waals surface area contributed by atoms with Gasteiger partial charge in [-0.1, -0.05) is 6.07 Å². The molecule has 3 fully saturated rings. The van der Waals surface area contributed by atoms with E-state index in [1.165, 1.54) is 0 Å². The van der Waals surface area contributed by atoms with E-state index in [0.29, 0.717) is 30.9 Å². The van der Waals surface area contributed by atoms with Crippen LogP contribution in [0, 0.1) is 11.8 Å². The molecule has 3 aliphatic heterocycles.